The first kappa shape index (κ1) is 25.3. The fourth-order valence-electron chi connectivity index (χ4n) is 4.71. The molecule has 0 saturated carbocycles. The smallest absolute Gasteiger partial charge is 0.416 e. The summed E-state index contributed by atoms with van der Waals surface area (Å²) in [5.74, 6) is -0.294. The number of alkyl halides is 3. The largest absolute Gasteiger partial charge is 0.497 e. The van der Waals surface area contributed by atoms with Gasteiger partial charge in [-0.25, -0.2) is 0 Å². The van der Waals surface area contributed by atoms with Crippen LogP contribution < -0.4 is 14.5 Å². The molecule has 1 aliphatic heterocycles. The van der Waals surface area contributed by atoms with Crippen molar-refractivity contribution in [3.63, 3.8) is 0 Å². The van der Waals surface area contributed by atoms with E-state index in [1.165, 1.54) is 17.0 Å². The van der Waals surface area contributed by atoms with Crippen molar-refractivity contribution in [1.29, 1.82) is 0 Å². The summed E-state index contributed by atoms with van der Waals surface area (Å²) < 4.78 is 44.2. The number of ether oxygens (including phenoxy) is 1. The first-order valence-corrected chi connectivity index (χ1v) is 11.7. The molecule has 0 radical (unpaired) electrons. The molecule has 1 heterocycles. The van der Waals surface area contributed by atoms with E-state index in [2.05, 4.69) is 0 Å². The summed E-state index contributed by atoms with van der Waals surface area (Å²) >= 11 is 0. The molecule has 0 N–H and O–H groups in total. The van der Waals surface area contributed by atoms with Crippen LogP contribution in [0.4, 0.5) is 24.5 Å². The number of methoxy groups -OCH3 is 1. The molecule has 0 aromatic heterocycles. The number of nitrogens with zero attached hydrogens (tertiary/aromatic N) is 2. The highest BCUT2D eigenvalue weighted by Crippen LogP contribution is 2.41. The molecule has 3 aromatic carbocycles. The van der Waals surface area contributed by atoms with Crippen LogP contribution in [0.1, 0.15) is 47.7 Å². The summed E-state index contributed by atoms with van der Waals surface area (Å²) in [6.45, 7) is 3.98. The van der Waals surface area contributed by atoms with Gasteiger partial charge in [0.05, 0.1) is 18.6 Å². The first-order chi connectivity index (χ1) is 17.2. The molecular formula is C28H27F3N2O3. The molecule has 2 atom stereocenters. The molecule has 8 heteroatoms. The molecule has 0 aliphatic carbocycles. The fourth-order valence-corrected chi connectivity index (χ4v) is 4.71. The van der Waals surface area contributed by atoms with Gasteiger partial charge in [0.15, 0.2) is 0 Å². The van der Waals surface area contributed by atoms with E-state index in [0.29, 0.717) is 41.2 Å². The minimum absolute atomic E-state index is 0.182. The summed E-state index contributed by atoms with van der Waals surface area (Å²) in [4.78, 5) is 30.4. The Morgan fingerprint density at radius 1 is 1.00 bits per heavy atom. The van der Waals surface area contributed by atoms with Crippen molar-refractivity contribution < 1.29 is 27.5 Å². The van der Waals surface area contributed by atoms with Gasteiger partial charge < -0.3 is 14.5 Å². The third kappa shape index (κ3) is 4.80. The van der Waals surface area contributed by atoms with Crippen LogP contribution in [-0.4, -0.2) is 31.5 Å². The van der Waals surface area contributed by atoms with Crippen molar-refractivity contribution in [2.75, 3.05) is 23.5 Å². The number of amides is 2. The van der Waals surface area contributed by atoms with Gasteiger partial charge in [0, 0.05) is 29.5 Å². The number of likely N-dealkylation sites (N-methyl/N-ethyl adjacent to an activating group) is 1. The summed E-state index contributed by atoms with van der Waals surface area (Å²) in [5, 5.41) is 0. The van der Waals surface area contributed by atoms with Crippen molar-refractivity contribution in [3.8, 4) is 5.75 Å². The minimum atomic E-state index is -4.45. The molecule has 0 fully saturated rings. The maximum Gasteiger partial charge on any atom is 0.416 e. The molecule has 1 aliphatic rings. The molecular weight excluding hydrogens is 469 g/mol. The number of hydrogen-bond donors (Lipinski definition) is 0. The molecule has 36 heavy (non-hydrogen) atoms. The second-order valence-corrected chi connectivity index (χ2v) is 8.73. The average Bonchev–Trinajstić information content (AvgIpc) is 2.88. The highest BCUT2D eigenvalue weighted by atomic mass is 19.4. The zero-order valence-electron chi connectivity index (χ0n) is 20.3. The number of rotatable bonds is 5. The van der Waals surface area contributed by atoms with E-state index < -0.39 is 17.7 Å². The van der Waals surface area contributed by atoms with Crippen molar-refractivity contribution in [2.24, 2.45) is 0 Å². The number of carbonyl (C=O) groups is 2. The van der Waals surface area contributed by atoms with Gasteiger partial charge in [-0.2, -0.15) is 13.2 Å². The summed E-state index contributed by atoms with van der Waals surface area (Å²) in [5.41, 5.74) is 1.50. The summed E-state index contributed by atoms with van der Waals surface area (Å²) in [6.07, 6.45) is -4.06. The lowest BCUT2D eigenvalue weighted by Crippen LogP contribution is -2.46. The SMILES string of the molecule is CCN(C(=O)C1C[C@H](C)N(C(=O)c2ccc(OC)cc2)c2ccccc21)c1ccc(C(F)(F)F)cc1. The van der Waals surface area contributed by atoms with Crippen LogP contribution >= 0.6 is 0 Å². The molecule has 5 nitrogen and oxygen atoms in total. The Labute approximate surface area is 208 Å². The zero-order chi connectivity index (χ0) is 26.0. The third-order valence-corrected chi connectivity index (χ3v) is 6.53. The van der Waals surface area contributed by atoms with Crippen LogP contribution in [0, 0.1) is 0 Å². The van der Waals surface area contributed by atoms with Gasteiger partial charge in [-0.05, 0) is 80.4 Å². The van der Waals surface area contributed by atoms with Gasteiger partial charge in [0.2, 0.25) is 5.91 Å². The number of fused-ring (bicyclic) bond motifs is 1. The molecule has 2 amide bonds. The number of benzene rings is 3. The first-order valence-electron chi connectivity index (χ1n) is 11.7. The van der Waals surface area contributed by atoms with E-state index in [4.69, 9.17) is 4.74 Å². The van der Waals surface area contributed by atoms with Crippen LogP contribution in [0.5, 0.6) is 5.75 Å². The van der Waals surface area contributed by atoms with Crippen molar-refractivity contribution in [1.82, 2.24) is 0 Å². The van der Waals surface area contributed by atoms with Crippen LogP contribution in [-0.2, 0) is 11.0 Å². The summed E-state index contributed by atoms with van der Waals surface area (Å²) in [7, 11) is 1.56. The normalized spacial score (nSPS) is 17.3. The molecule has 0 bridgehead atoms. The maximum absolute atomic E-state index is 13.7. The highest BCUT2D eigenvalue weighted by molar-refractivity contribution is 6.09. The monoisotopic (exact) mass is 496 g/mol. The second-order valence-electron chi connectivity index (χ2n) is 8.73. The van der Waals surface area contributed by atoms with Gasteiger partial charge in [-0.3, -0.25) is 9.59 Å². The van der Waals surface area contributed by atoms with Crippen LogP contribution in [0.15, 0.2) is 72.8 Å². The van der Waals surface area contributed by atoms with Gasteiger partial charge in [-0.1, -0.05) is 18.2 Å². The standard InChI is InChI=1S/C28H27F3N2O3/c1-4-32(21-13-11-20(12-14-21)28(29,30)31)27(35)24-17-18(2)33(25-8-6-5-7-23(24)25)26(34)19-9-15-22(36-3)16-10-19/h5-16,18,24H,4,17H2,1-3H3/t18-,24?/m0/s1. The predicted octanol–water partition coefficient (Wildman–Crippen LogP) is 6.29. The van der Waals surface area contributed by atoms with Gasteiger partial charge >= 0.3 is 6.18 Å². The lowest BCUT2D eigenvalue weighted by molar-refractivity contribution is -0.137. The lowest BCUT2D eigenvalue weighted by atomic mass is 9.84. The molecule has 4 rings (SSSR count). The second kappa shape index (κ2) is 10.0. The Bertz CT molecular complexity index is 1240. The maximum atomic E-state index is 13.7. The zero-order valence-corrected chi connectivity index (χ0v) is 20.3. The number of anilines is 2. The van der Waals surface area contributed by atoms with Crippen molar-refractivity contribution >= 4 is 23.2 Å². The van der Waals surface area contributed by atoms with Crippen molar-refractivity contribution in [3.05, 3.63) is 89.5 Å². The van der Waals surface area contributed by atoms with Crippen molar-refractivity contribution in [2.45, 2.75) is 38.4 Å². The molecule has 3 aromatic rings. The minimum Gasteiger partial charge on any atom is -0.497 e. The quantitative estimate of drug-likeness (QED) is 0.417. The average molecular weight is 497 g/mol. The Balaban J connectivity index is 1.65. The van der Waals surface area contributed by atoms with Gasteiger partial charge in [0.1, 0.15) is 5.75 Å². The van der Waals surface area contributed by atoms with Crippen LogP contribution in [0.25, 0.3) is 0 Å². The van der Waals surface area contributed by atoms with E-state index in [9.17, 15) is 22.8 Å². The number of halogens is 3. The third-order valence-electron chi connectivity index (χ3n) is 6.53. The van der Waals surface area contributed by atoms with Crippen LogP contribution in [0.3, 0.4) is 0 Å². The fraction of sp³-hybridized carbons (Fsp3) is 0.286. The number of para-hydroxylation sites is 1. The Morgan fingerprint density at radius 2 is 1.64 bits per heavy atom. The van der Waals surface area contributed by atoms with Gasteiger partial charge in [-0.15, -0.1) is 0 Å². The molecule has 1 unspecified atom stereocenters. The van der Waals surface area contributed by atoms with E-state index in [1.807, 2.05) is 31.2 Å². The Kier molecular flexibility index (Phi) is 7.06. The van der Waals surface area contributed by atoms with E-state index in [-0.39, 0.29) is 17.9 Å². The molecule has 188 valence electrons. The van der Waals surface area contributed by atoms with E-state index in [1.54, 1.807) is 43.2 Å². The molecule has 0 spiro atoms. The number of carbonyl (C=O) groups excluding carboxylic acids is 2. The van der Waals surface area contributed by atoms with Crippen LogP contribution in [0.2, 0.25) is 0 Å². The van der Waals surface area contributed by atoms with E-state index >= 15 is 0 Å². The summed E-state index contributed by atoms with van der Waals surface area (Å²) in [6, 6.07) is 18.5. The predicted molar refractivity (Wildman–Crippen MR) is 133 cm³/mol. The molecule has 0 saturated heterocycles. The Morgan fingerprint density at radius 3 is 2.22 bits per heavy atom. The Hall–Kier alpha value is -3.81. The lowest BCUT2D eigenvalue weighted by Gasteiger charge is -2.40. The van der Waals surface area contributed by atoms with Gasteiger partial charge in [0.25, 0.3) is 5.91 Å². The number of hydrogen-bond acceptors (Lipinski definition) is 3. The highest BCUT2D eigenvalue weighted by Gasteiger charge is 2.39. The van der Waals surface area contributed by atoms with E-state index in [0.717, 1.165) is 12.1 Å². The topological polar surface area (TPSA) is 49.9 Å².